The third-order valence-electron chi connectivity index (χ3n) is 4.55. The normalized spacial score (nSPS) is 15.5. The molecule has 1 aromatic heterocycles. The highest BCUT2D eigenvalue weighted by Gasteiger charge is 2.20. The van der Waals surface area contributed by atoms with Crippen LogP contribution < -0.4 is 10.6 Å². The highest BCUT2D eigenvalue weighted by Crippen LogP contribution is 2.11. The SMILES string of the molecule is CNC(=O)c1ccc(NC(=O)CN2CCN(Cc3cc(C)on3)CC2)cc1. The molecule has 27 heavy (non-hydrogen) atoms. The summed E-state index contributed by atoms with van der Waals surface area (Å²) < 4.78 is 5.10. The number of amides is 2. The van der Waals surface area contributed by atoms with Crippen molar-refractivity contribution in [3.05, 3.63) is 47.3 Å². The van der Waals surface area contributed by atoms with Gasteiger partial charge >= 0.3 is 0 Å². The molecule has 1 aliphatic rings. The molecule has 0 saturated carbocycles. The van der Waals surface area contributed by atoms with E-state index in [-0.39, 0.29) is 11.8 Å². The lowest BCUT2D eigenvalue weighted by atomic mass is 10.2. The number of anilines is 1. The number of rotatable bonds is 6. The Balaban J connectivity index is 1.42. The van der Waals surface area contributed by atoms with E-state index in [0.29, 0.717) is 17.8 Å². The summed E-state index contributed by atoms with van der Waals surface area (Å²) in [7, 11) is 1.59. The number of nitrogens with one attached hydrogen (secondary N) is 2. The molecule has 2 aromatic rings. The Labute approximate surface area is 158 Å². The second-order valence-electron chi connectivity index (χ2n) is 6.69. The number of hydrogen-bond acceptors (Lipinski definition) is 6. The van der Waals surface area contributed by atoms with Crippen molar-refractivity contribution in [3.8, 4) is 0 Å². The van der Waals surface area contributed by atoms with Gasteiger partial charge in [0.05, 0.1) is 12.2 Å². The molecule has 0 spiro atoms. The number of aromatic nitrogens is 1. The third kappa shape index (κ3) is 5.38. The largest absolute Gasteiger partial charge is 0.361 e. The van der Waals surface area contributed by atoms with E-state index in [1.54, 1.807) is 31.3 Å². The molecule has 3 rings (SSSR count). The van der Waals surface area contributed by atoms with Gasteiger partial charge in [0.15, 0.2) is 0 Å². The first kappa shape index (κ1) is 19.1. The fourth-order valence-corrected chi connectivity index (χ4v) is 3.08. The molecule has 0 bridgehead atoms. The monoisotopic (exact) mass is 371 g/mol. The molecule has 1 aromatic carbocycles. The van der Waals surface area contributed by atoms with Crippen LogP contribution in [-0.4, -0.2) is 66.5 Å². The summed E-state index contributed by atoms with van der Waals surface area (Å²) in [5.41, 5.74) is 2.19. The van der Waals surface area contributed by atoms with Gasteiger partial charge in [0.1, 0.15) is 5.76 Å². The van der Waals surface area contributed by atoms with E-state index in [1.807, 2.05) is 13.0 Å². The van der Waals surface area contributed by atoms with Crippen molar-refractivity contribution in [1.82, 2.24) is 20.3 Å². The summed E-state index contributed by atoms with van der Waals surface area (Å²) >= 11 is 0. The molecule has 0 atom stereocenters. The van der Waals surface area contributed by atoms with Crippen LogP contribution in [0.2, 0.25) is 0 Å². The second-order valence-corrected chi connectivity index (χ2v) is 6.69. The Bertz CT molecular complexity index is 779. The van der Waals surface area contributed by atoms with Crippen molar-refractivity contribution in [1.29, 1.82) is 0 Å². The summed E-state index contributed by atoms with van der Waals surface area (Å²) in [5, 5.41) is 9.48. The van der Waals surface area contributed by atoms with Crippen LogP contribution >= 0.6 is 0 Å². The maximum absolute atomic E-state index is 12.3. The minimum Gasteiger partial charge on any atom is -0.361 e. The molecular formula is C19H25N5O3. The van der Waals surface area contributed by atoms with Gasteiger partial charge in [0.2, 0.25) is 5.91 Å². The predicted octanol–water partition coefficient (Wildman–Crippen LogP) is 1.10. The number of carbonyl (C=O) groups excluding carboxylic acids is 2. The van der Waals surface area contributed by atoms with E-state index in [1.165, 1.54) is 0 Å². The van der Waals surface area contributed by atoms with Crippen molar-refractivity contribution in [2.45, 2.75) is 13.5 Å². The van der Waals surface area contributed by atoms with Crippen molar-refractivity contribution >= 4 is 17.5 Å². The van der Waals surface area contributed by atoms with Crippen LogP contribution in [0.5, 0.6) is 0 Å². The lowest BCUT2D eigenvalue weighted by Crippen LogP contribution is -2.48. The maximum Gasteiger partial charge on any atom is 0.251 e. The first-order valence-corrected chi connectivity index (χ1v) is 9.02. The summed E-state index contributed by atoms with van der Waals surface area (Å²) in [6.07, 6.45) is 0. The molecule has 8 heteroatoms. The molecule has 1 saturated heterocycles. The Morgan fingerprint density at radius 2 is 1.78 bits per heavy atom. The molecule has 2 heterocycles. The second kappa shape index (κ2) is 8.79. The standard InChI is InChI=1S/C19H25N5O3/c1-14-11-17(22-27-14)12-23-7-9-24(10-8-23)13-18(25)21-16-5-3-15(4-6-16)19(26)20-2/h3-6,11H,7-10,12-13H2,1-2H3,(H,20,26)(H,21,25). The lowest BCUT2D eigenvalue weighted by Gasteiger charge is -2.33. The van der Waals surface area contributed by atoms with Gasteiger partial charge in [-0.15, -0.1) is 0 Å². The summed E-state index contributed by atoms with van der Waals surface area (Å²) in [6, 6.07) is 8.81. The topological polar surface area (TPSA) is 90.7 Å². The quantitative estimate of drug-likeness (QED) is 0.790. The van der Waals surface area contributed by atoms with E-state index < -0.39 is 0 Å². The van der Waals surface area contributed by atoms with E-state index in [2.05, 4.69) is 25.6 Å². The summed E-state index contributed by atoms with van der Waals surface area (Å²) in [6.45, 7) is 6.46. The van der Waals surface area contributed by atoms with Crippen LogP contribution in [0, 0.1) is 6.92 Å². The number of carbonyl (C=O) groups is 2. The smallest absolute Gasteiger partial charge is 0.251 e. The first-order valence-electron chi connectivity index (χ1n) is 9.02. The zero-order chi connectivity index (χ0) is 19.2. The third-order valence-corrected chi connectivity index (χ3v) is 4.55. The highest BCUT2D eigenvalue weighted by atomic mass is 16.5. The minimum atomic E-state index is -0.147. The number of benzene rings is 1. The minimum absolute atomic E-state index is 0.0525. The average molecular weight is 371 g/mol. The highest BCUT2D eigenvalue weighted by molar-refractivity contribution is 5.96. The number of hydrogen-bond donors (Lipinski definition) is 2. The Kier molecular flexibility index (Phi) is 6.20. The van der Waals surface area contributed by atoms with Crippen LogP contribution in [0.1, 0.15) is 21.8 Å². The summed E-state index contributed by atoms with van der Waals surface area (Å²) in [4.78, 5) is 28.2. The Morgan fingerprint density at radius 1 is 1.11 bits per heavy atom. The molecule has 0 radical (unpaired) electrons. The molecule has 0 unspecified atom stereocenters. The zero-order valence-corrected chi connectivity index (χ0v) is 15.7. The molecule has 2 N–H and O–H groups in total. The van der Waals surface area contributed by atoms with E-state index in [9.17, 15) is 9.59 Å². The first-order chi connectivity index (χ1) is 13.0. The lowest BCUT2D eigenvalue weighted by molar-refractivity contribution is -0.117. The maximum atomic E-state index is 12.3. The Morgan fingerprint density at radius 3 is 2.37 bits per heavy atom. The molecule has 2 amide bonds. The van der Waals surface area contributed by atoms with Gasteiger partial charge in [-0.2, -0.15) is 0 Å². The van der Waals surface area contributed by atoms with Crippen LogP contribution in [0.3, 0.4) is 0 Å². The number of nitrogens with zero attached hydrogens (tertiary/aromatic N) is 3. The van der Waals surface area contributed by atoms with Crippen LogP contribution in [0.25, 0.3) is 0 Å². The molecule has 1 aliphatic heterocycles. The molecule has 8 nitrogen and oxygen atoms in total. The summed E-state index contributed by atoms with van der Waals surface area (Å²) in [5.74, 6) is 0.624. The van der Waals surface area contributed by atoms with Gasteiger partial charge < -0.3 is 15.2 Å². The fraction of sp³-hybridized carbons (Fsp3) is 0.421. The van der Waals surface area contributed by atoms with E-state index >= 15 is 0 Å². The van der Waals surface area contributed by atoms with Crippen LogP contribution in [-0.2, 0) is 11.3 Å². The number of aryl methyl sites for hydroxylation is 1. The predicted molar refractivity (Wildman–Crippen MR) is 101 cm³/mol. The van der Waals surface area contributed by atoms with E-state index in [4.69, 9.17) is 4.52 Å². The van der Waals surface area contributed by atoms with Gasteiger partial charge in [-0.05, 0) is 31.2 Å². The average Bonchev–Trinajstić information content (AvgIpc) is 3.08. The van der Waals surface area contributed by atoms with Gasteiger partial charge in [-0.3, -0.25) is 19.4 Å². The van der Waals surface area contributed by atoms with Crippen LogP contribution in [0.4, 0.5) is 5.69 Å². The van der Waals surface area contributed by atoms with Gasteiger partial charge in [-0.1, -0.05) is 5.16 Å². The molecular weight excluding hydrogens is 346 g/mol. The van der Waals surface area contributed by atoms with Crippen molar-refractivity contribution in [2.75, 3.05) is 45.1 Å². The zero-order valence-electron chi connectivity index (χ0n) is 15.7. The molecule has 144 valence electrons. The van der Waals surface area contributed by atoms with Gasteiger partial charge in [-0.25, -0.2) is 0 Å². The van der Waals surface area contributed by atoms with Crippen molar-refractivity contribution < 1.29 is 14.1 Å². The number of piperazine rings is 1. The molecule has 0 aliphatic carbocycles. The van der Waals surface area contributed by atoms with Crippen molar-refractivity contribution in [2.24, 2.45) is 0 Å². The van der Waals surface area contributed by atoms with Gasteiger partial charge in [0, 0.05) is 57.1 Å². The van der Waals surface area contributed by atoms with E-state index in [0.717, 1.165) is 44.2 Å². The fourth-order valence-electron chi connectivity index (χ4n) is 3.08. The van der Waals surface area contributed by atoms with Crippen molar-refractivity contribution in [3.63, 3.8) is 0 Å². The Hall–Kier alpha value is -2.71. The van der Waals surface area contributed by atoms with Gasteiger partial charge in [0.25, 0.3) is 5.91 Å². The van der Waals surface area contributed by atoms with Crippen LogP contribution in [0.15, 0.2) is 34.9 Å². The molecule has 1 fully saturated rings.